The van der Waals surface area contributed by atoms with Crippen LogP contribution in [0, 0.1) is 19.8 Å². The topological polar surface area (TPSA) is 46.9 Å². The van der Waals surface area contributed by atoms with E-state index < -0.39 is 0 Å². The Labute approximate surface area is 103 Å². The molecule has 0 aliphatic rings. The van der Waals surface area contributed by atoms with Crippen molar-refractivity contribution in [3.63, 3.8) is 0 Å². The van der Waals surface area contributed by atoms with Gasteiger partial charge in [-0.1, -0.05) is 13.8 Å². The van der Waals surface area contributed by atoms with Crippen molar-refractivity contribution in [2.24, 2.45) is 5.92 Å². The van der Waals surface area contributed by atoms with Crippen molar-refractivity contribution >= 4 is 0 Å². The summed E-state index contributed by atoms with van der Waals surface area (Å²) in [6.45, 7) is 10.9. The van der Waals surface area contributed by atoms with E-state index in [0.29, 0.717) is 5.92 Å². The fourth-order valence-electron chi connectivity index (χ4n) is 1.80. The van der Waals surface area contributed by atoms with Crippen LogP contribution in [0.15, 0.2) is 10.9 Å². The van der Waals surface area contributed by atoms with Gasteiger partial charge in [0.1, 0.15) is 0 Å². The Morgan fingerprint density at radius 3 is 2.71 bits per heavy atom. The van der Waals surface area contributed by atoms with E-state index in [1.165, 1.54) is 0 Å². The van der Waals surface area contributed by atoms with Crippen molar-refractivity contribution in [3.8, 4) is 0 Å². The zero-order valence-electron chi connectivity index (χ0n) is 11.3. The molecule has 1 rings (SSSR count). The summed E-state index contributed by atoms with van der Waals surface area (Å²) in [5, 5.41) is 3.37. The predicted molar refractivity (Wildman–Crippen MR) is 70.3 cm³/mol. The molecule has 0 unspecified atom stereocenters. The van der Waals surface area contributed by atoms with Crippen molar-refractivity contribution in [3.05, 3.63) is 27.9 Å². The highest BCUT2D eigenvalue weighted by Gasteiger charge is 2.02. The molecule has 1 aromatic heterocycles. The van der Waals surface area contributed by atoms with Gasteiger partial charge >= 0.3 is 5.69 Å². The van der Waals surface area contributed by atoms with Gasteiger partial charge in [-0.2, -0.15) is 4.98 Å². The van der Waals surface area contributed by atoms with Gasteiger partial charge in [0.15, 0.2) is 0 Å². The first-order valence-electron chi connectivity index (χ1n) is 6.26. The lowest BCUT2D eigenvalue weighted by molar-refractivity contribution is 0.510. The average molecular weight is 237 g/mol. The molecule has 96 valence electrons. The first-order valence-corrected chi connectivity index (χ1v) is 6.26. The number of aryl methyl sites for hydroxylation is 2. The molecular weight excluding hydrogens is 214 g/mol. The highest BCUT2D eigenvalue weighted by Crippen LogP contribution is 1.97. The van der Waals surface area contributed by atoms with Crippen molar-refractivity contribution in [2.75, 3.05) is 13.1 Å². The minimum Gasteiger partial charge on any atom is -0.316 e. The average Bonchev–Trinajstić information content (AvgIpc) is 2.20. The van der Waals surface area contributed by atoms with Gasteiger partial charge in [-0.25, -0.2) is 4.79 Å². The van der Waals surface area contributed by atoms with Crippen LogP contribution < -0.4 is 11.0 Å². The summed E-state index contributed by atoms with van der Waals surface area (Å²) in [5.41, 5.74) is 1.65. The molecule has 0 amide bonds. The lowest BCUT2D eigenvalue weighted by Crippen LogP contribution is -2.28. The lowest BCUT2D eigenvalue weighted by Gasteiger charge is -2.11. The highest BCUT2D eigenvalue weighted by atomic mass is 16.1. The number of nitrogens with one attached hydrogen (secondary N) is 1. The first-order chi connectivity index (χ1) is 8.00. The molecule has 0 saturated carbocycles. The third kappa shape index (κ3) is 4.69. The summed E-state index contributed by atoms with van der Waals surface area (Å²) in [6.07, 6.45) is 0.957. The molecule has 0 fully saturated rings. The summed E-state index contributed by atoms with van der Waals surface area (Å²) < 4.78 is 1.74. The molecule has 0 aliphatic heterocycles. The van der Waals surface area contributed by atoms with Crippen molar-refractivity contribution in [1.82, 2.24) is 14.9 Å². The monoisotopic (exact) mass is 237 g/mol. The van der Waals surface area contributed by atoms with Crippen LogP contribution in [0.5, 0.6) is 0 Å². The third-order valence-electron chi connectivity index (χ3n) is 2.63. The standard InChI is InChI=1S/C13H23N3O/c1-10(2)9-14-6-5-7-16-12(4)8-11(3)15-13(16)17/h8,10,14H,5-7,9H2,1-4H3. The second-order valence-electron chi connectivity index (χ2n) is 4.92. The Morgan fingerprint density at radius 2 is 2.12 bits per heavy atom. The van der Waals surface area contributed by atoms with Crippen LogP contribution >= 0.6 is 0 Å². The molecular formula is C13H23N3O. The lowest BCUT2D eigenvalue weighted by atomic mass is 10.2. The van der Waals surface area contributed by atoms with Crippen LogP contribution in [-0.2, 0) is 6.54 Å². The van der Waals surface area contributed by atoms with Gasteiger partial charge in [-0.05, 0) is 45.3 Å². The Kier molecular flexibility index (Phi) is 5.35. The molecule has 0 radical (unpaired) electrons. The fraction of sp³-hybridized carbons (Fsp3) is 0.692. The van der Waals surface area contributed by atoms with Crippen molar-refractivity contribution in [2.45, 2.75) is 40.7 Å². The molecule has 0 bridgehead atoms. The predicted octanol–water partition coefficient (Wildman–Crippen LogP) is 1.50. The van der Waals surface area contributed by atoms with E-state index in [1.54, 1.807) is 4.57 Å². The van der Waals surface area contributed by atoms with Gasteiger partial charge < -0.3 is 5.32 Å². The number of nitrogens with zero attached hydrogens (tertiary/aromatic N) is 2. The molecule has 0 aliphatic carbocycles. The largest absolute Gasteiger partial charge is 0.347 e. The number of rotatable bonds is 6. The minimum absolute atomic E-state index is 0.133. The number of hydrogen-bond donors (Lipinski definition) is 1. The second kappa shape index (κ2) is 6.55. The highest BCUT2D eigenvalue weighted by molar-refractivity contribution is 5.06. The zero-order chi connectivity index (χ0) is 12.8. The Morgan fingerprint density at radius 1 is 1.41 bits per heavy atom. The van der Waals surface area contributed by atoms with Crippen molar-refractivity contribution < 1.29 is 0 Å². The molecule has 4 heteroatoms. The van der Waals surface area contributed by atoms with Gasteiger partial charge in [0, 0.05) is 17.9 Å². The number of aromatic nitrogens is 2. The smallest absolute Gasteiger partial charge is 0.316 e. The van der Waals surface area contributed by atoms with E-state index >= 15 is 0 Å². The Hall–Kier alpha value is -1.16. The Bertz CT molecular complexity index is 410. The summed E-state index contributed by atoms with van der Waals surface area (Å²) in [4.78, 5) is 15.6. The van der Waals surface area contributed by atoms with Crippen LogP contribution in [0.1, 0.15) is 31.7 Å². The van der Waals surface area contributed by atoms with E-state index in [1.807, 2.05) is 19.9 Å². The van der Waals surface area contributed by atoms with Gasteiger partial charge in [0.05, 0.1) is 0 Å². The molecule has 1 N–H and O–H groups in total. The SMILES string of the molecule is Cc1cc(C)n(CCCNCC(C)C)c(=O)n1. The second-order valence-corrected chi connectivity index (χ2v) is 4.92. The van der Waals surface area contributed by atoms with Crippen LogP contribution in [0.25, 0.3) is 0 Å². The Balaban J connectivity index is 2.45. The summed E-state index contributed by atoms with van der Waals surface area (Å²) in [6, 6.07) is 1.95. The molecule has 17 heavy (non-hydrogen) atoms. The number of hydrogen-bond acceptors (Lipinski definition) is 3. The third-order valence-corrected chi connectivity index (χ3v) is 2.63. The molecule has 1 heterocycles. The maximum Gasteiger partial charge on any atom is 0.347 e. The van der Waals surface area contributed by atoms with E-state index in [-0.39, 0.29) is 5.69 Å². The maximum absolute atomic E-state index is 11.7. The van der Waals surface area contributed by atoms with E-state index in [0.717, 1.165) is 37.4 Å². The summed E-state index contributed by atoms with van der Waals surface area (Å²) in [7, 11) is 0. The minimum atomic E-state index is -0.133. The normalized spacial score (nSPS) is 11.1. The van der Waals surface area contributed by atoms with E-state index in [9.17, 15) is 4.79 Å². The van der Waals surface area contributed by atoms with Gasteiger partial charge in [-0.15, -0.1) is 0 Å². The van der Waals surface area contributed by atoms with Gasteiger partial charge in [0.2, 0.25) is 0 Å². The van der Waals surface area contributed by atoms with Crippen LogP contribution in [0.4, 0.5) is 0 Å². The molecule has 4 nitrogen and oxygen atoms in total. The molecule has 0 aromatic carbocycles. The quantitative estimate of drug-likeness (QED) is 0.763. The van der Waals surface area contributed by atoms with E-state index in [2.05, 4.69) is 24.1 Å². The van der Waals surface area contributed by atoms with E-state index in [4.69, 9.17) is 0 Å². The summed E-state index contributed by atoms with van der Waals surface area (Å²) in [5.74, 6) is 0.667. The van der Waals surface area contributed by atoms with Crippen LogP contribution in [0.2, 0.25) is 0 Å². The molecule has 0 atom stereocenters. The fourth-order valence-corrected chi connectivity index (χ4v) is 1.80. The molecule has 0 spiro atoms. The zero-order valence-corrected chi connectivity index (χ0v) is 11.3. The van der Waals surface area contributed by atoms with Gasteiger partial charge in [0.25, 0.3) is 0 Å². The van der Waals surface area contributed by atoms with Gasteiger partial charge in [-0.3, -0.25) is 4.57 Å². The van der Waals surface area contributed by atoms with Crippen LogP contribution in [-0.4, -0.2) is 22.6 Å². The summed E-state index contributed by atoms with van der Waals surface area (Å²) >= 11 is 0. The first kappa shape index (κ1) is 13.9. The molecule has 1 aromatic rings. The van der Waals surface area contributed by atoms with Crippen molar-refractivity contribution in [1.29, 1.82) is 0 Å². The maximum atomic E-state index is 11.7. The molecule has 0 saturated heterocycles. The van der Waals surface area contributed by atoms with Crippen LogP contribution in [0.3, 0.4) is 0 Å².